The highest BCUT2D eigenvalue weighted by Gasteiger charge is 2.21. The van der Waals surface area contributed by atoms with Crippen LogP contribution in [0, 0.1) is 5.92 Å². The normalized spacial score (nSPS) is 17.2. The Morgan fingerprint density at radius 1 is 1.33 bits per heavy atom. The first-order valence-electron chi connectivity index (χ1n) is 8.73. The maximum Gasteiger partial charge on any atom is 0.133 e. The van der Waals surface area contributed by atoms with Crippen LogP contribution in [0.1, 0.15) is 30.6 Å². The van der Waals surface area contributed by atoms with Crippen molar-refractivity contribution in [3.05, 3.63) is 47.6 Å². The minimum atomic E-state index is 0.651. The van der Waals surface area contributed by atoms with E-state index < -0.39 is 0 Å². The second-order valence-electron chi connectivity index (χ2n) is 6.20. The Balaban J connectivity index is 1.46. The van der Waals surface area contributed by atoms with Crippen LogP contribution in [0.25, 0.3) is 6.08 Å². The average Bonchev–Trinajstić information content (AvgIpc) is 3.04. The summed E-state index contributed by atoms with van der Waals surface area (Å²) in [5.74, 6) is 3.83. The summed E-state index contributed by atoms with van der Waals surface area (Å²) < 4.78 is 7.66. The van der Waals surface area contributed by atoms with E-state index in [1.165, 1.54) is 6.42 Å². The fraction of sp³-hybridized carbons (Fsp3) is 0.474. The summed E-state index contributed by atoms with van der Waals surface area (Å²) in [4.78, 5) is 0. The molecule has 0 saturated carbocycles. The molecule has 1 atom stereocenters. The molecule has 1 aromatic heterocycles. The van der Waals surface area contributed by atoms with Crippen LogP contribution in [-0.4, -0.2) is 35.0 Å². The molecule has 0 aliphatic carbocycles. The summed E-state index contributed by atoms with van der Waals surface area (Å²) in [7, 11) is 1.71. The first-order valence-corrected chi connectivity index (χ1v) is 8.73. The number of ether oxygens (including phenoxy) is 1. The summed E-state index contributed by atoms with van der Waals surface area (Å²) in [6.45, 7) is 5.07. The molecule has 2 heterocycles. The van der Waals surface area contributed by atoms with Crippen LogP contribution >= 0.6 is 0 Å². The van der Waals surface area contributed by atoms with Gasteiger partial charge in [-0.05, 0) is 24.9 Å². The first kappa shape index (κ1) is 16.7. The van der Waals surface area contributed by atoms with Crippen LogP contribution in [0.5, 0.6) is 5.75 Å². The van der Waals surface area contributed by atoms with E-state index in [0.717, 1.165) is 55.4 Å². The van der Waals surface area contributed by atoms with Crippen LogP contribution < -0.4 is 10.1 Å². The van der Waals surface area contributed by atoms with Gasteiger partial charge >= 0.3 is 0 Å². The van der Waals surface area contributed by atoms with E-state index in [1.807, 2.05) is 18.2 Å². The molecule has 1 aliphatic rings. The van der Waals surface area contributed by atoms with Crippen LogP contribution in [-0.2, 0) is 19.4 Å². The molecule has 1 unspecified atom stereocenters. The molecule has 128 valence electrons. The molecular formula is C19H26N4O. The monoisotopic (exact) mass is 326 g/mol. The Kier molecular flexibility index (Phi) is 5.64. The smallest absolute Gasteiger partial charge is 0.133 e. The van der Waals surface area contributed by atoms with Crippen molar-refractivity contribution in [2.24, 2.45) is 5.92 Å². The maximum absolute atomic E-state index is 5.36. The van der Waals surface area contributed by atoms with Gasteiger partial charge in [-0.2, -0.15) is 0 Å². The quantitative estimate of drug-likeness (QED) is 0.795. The summed E-state index contributed by atoms with van der Waals surface area (Å²) in [5.41, 5.74) is 1.11. The number of hydrogen-bond donors (Lipinski definition) is 1. The molecule has 1 aliphatic heterocycles. The van der Waals surface area contributed by atoms with Gasteiger partial charge in [0, 0.05) is 31.5 Å². The molecule has 2 aromatic rings. The van der Waals surface area contributed by atoms with Gasteiger partial charge in [0.2, 0.25) is 0 Å². The Morgan fingerprint density at radius 3 is 3.04 bits per heavy atom. The molecular weight excluding hydrogens is 300 g/mol. The van der Waals surface area contributed by atoms with Crippen LogP contribution in [0.4, 0.5) is 0 Å². The number of aromatic nitrogens is 3. The average molecular weight is 326 g/mol. The standard InChI is InChI=1S/C19H26N4O/c1-3-18-21-22-19-11-10-15(14-23(18)19)13-20-12-6-8-16-7-4-5-9-17(16)24-2/h4-9,15,20H,3,10-14H2,1-2H3/b8-6+. The zero-order valence-corrected chi connectivity index (χ0v) is 14.5. The predicted molar refractivity (Wildman–Crippen MR) is 96.1 cm³/mol. The molecule has 0 fully saturated rings. The van der Waals surface area contributed by atoms with E-state index in [0.29, 0.717) is 5.92 Å². The number of rotatable bonds is 7. The summed E-state index contributed by atoms with van der Waals surface area (Å²) in [6, 6.07) is 8.06. The topological polar surface area (TPSA) is 52.0 Å². The third kappa shape index (κ3) is 3.85. The fourth-order valence-corrected chi connectivity index (χ4v) is 3.24. The number of nitrogens with zero attached hydrogens (tertiary/aromatic N) is 3. The second-order valence-corrected chi connectivity index (χ2v) is 6.20. The van der Waals surface area contributed by atoms with E-state index in [2.05, 4.69) is 45.2 Å². The van der Waals surface area contributed by atoms with Crippen molar-refractivity contribution in [1.82, 2.24) is 20.1 Å². The minimum absolute atomic E-state index is 0.651. The lowest BCUT2D eigenvalue weighted by Crippen LogP contribution is -2.30. The molecule has 24 heavy (non-hydrogen) atoms. The zero-order valence-electron chi connectivity index (χ0n) is 14.5. The van der Waals surface area contributed by atoms with Crippen molar-refractivity contribution < 1.29 is 4.74 Å². The van der Waals surface area contributed by atoms with Crippen molar-refractivity contribution in [2.75, 3.05) is 20.2 Å². The van der Waals surface area contributed by atoms with Crippen molar-refractivity contribution in [1.29, 1.82) is 0 Å². The van der Waals surface area contributed by atoms with Crippen molar-refractivity contribution in [2.45, 2.75) is 32.7 Å². The van der Waals surface area contributed by atoms with E-state index >= 15 is 0 Å². The lowest BCUT2D eigenvalue weighted by Gasteiger charge is -2.24. The van der Waals surface area contributed by atoms with Gasteiger partial charge in [0.25, 0.3) is 0 Å². The lowest BCUT2D eigenvalue weighted by atomic mass is 9.99. The maximum atomic E-state index is 5.36. The largest absolute Gasteiger partial charge is 0.496 e. The number of aryl methyl sites for hydroxylation is 2. The second kappa shape index (κ2) is 8.11. The molecule has 3 rings (SSSR count). The number of methoxy groups -OCH3 is 1. The molecule has 0 radical (unpaired) electrons. The molecule has 5 nitrogen and oxygen atoms in total. The minimum Gasteiger partial charge on any atom is -0.496 e. The third-order valence-electron chi connectivity index (χ3n) is 4.57. The molecule has 1 N–H and O–H groups in total. The number of benzene rings is 1. The highest BCUT2D eigenvalue weighted by molar-refractivity contribution is 5.57. The third-order valence-corrected chi connectivity index (χ3v) is 4.57. The van der Waals surface area contributed by atoms with Gasteiger partial charge in [-0.15, -0.1) is 10.2 Å². The molecule has 0 amide bonds. The van der Waals surface area contributed by atoms with Crippen LogP contribution in [0.3, 0.4) is 0 Å². The molecule has 5 heteroatoms. The zero-order chi connectivity index (χ0) is 16.8. The lowest BCUT2D eigenvalue weighted by molar-refractivity contribution is 0.347. The number of nitrogens with one attached hydrogen (secondary N) is 1. The van der Waals surface area contributed by atoms with Gasteiger partial charge in [-0.25, -0.2) is 0 Å². The van der Waals surface area contributed by atoms with E-state index in [9.17, 15) is 0 Å². The van der Waals surface area contributed by atoms with Crippen molar-refractivity contribution >= 4 is 6.08 Å². The first-order chi connectivity index (χ1) is 11.8. The van der Waals surface area contributed by atoms with Gasteiger partial charge in [-0.3, -0.25) is 0 Å². The predicted octanol–water partition coefficient (Wildman–Crippen LogP) is 2.71. The van der Waals surface area contributed by atoms with Gasteiger partial charge in [0.05, 0.1) is 7.11 Å². The number of para-hydroxylation sites is 1. The SMILES string of the molecule is CCc1nnc2n1CC(CNC/C=C/c1ccccc1OC)CC2. The number of fused-ring (bicyclic) bond motifs is 1. The molecule has 1 aromatic carbocycles. The van der Waals surface area contributed by atoms with Crippen molar-refractivity contribution in [3.63, 3.8) is 0 Å². The highest BCUT2D eigenvalue weighted by atomic mass is 16.5. The Morgan fingerprint density at radius 2 is 2.21 bits per heavy atom. The Labute approximate surface area is 143 Å². The van der Waals surface area contributed by atoms with E-state index in [4.69, 9.17) is 4.74 Å². The molecule has 0 spiro atoms. The summed E-state index contributed by atoms with van der Waals surface area (Å²) in [6.07, 6.45) is 7.44. The van der Waals surface area contributed by atoms with Gasteiger partial charge < -0.3 is 14.6 Å². The van der Waals surface area contributed by atoms with Crippen LogP contribution in [0.2, 0.25) is 0 Å². The van der Waals surface area contributed by atoms with E-state index in [1.54, 1.807) is 7.11 Å². The van der Waals surface area contributed by atoms with Crippen molar-refractivity contribution in [3.8, 4) is 5.75 Å². The van der Waals surface area contributed by atoms with Gasteiger partial charge in [-0.1, -0.05) is 37.3 Å². The highest BCUT2D eigenvalue weighted by Crippen LogP contribution is 2.20. The fourth-order valence-electron chi connectivity index (χ4n) is 3.24. The summed E-state index contributed by atoms with van der Waals surface area (Å²) in [5, 5.41) is 12.1. The molecule has 0 saturated heterocycles. The van der Waals surface area contributed by atoms with Crippen LogP contribution in [0.15, 0.2) is 30.3 Å². The Hall–Kier alpha value is -2.14. The van der Waals surface area contributed by atoms with Gasteiger partial charge in [0.1, 0.15) is 17.4 Å². The van der Waals surface area contributed by atoms with Gasteiger partial charge in [0.15, 0.2) is 0 Å². The number of hydrogen-bond acceptors (Lipinski definition) is 4. The summed E-state index contributed by atoms with van der Waals surface area (Å²) >= 11 is 0. The Bertz CT molecular complexity index is 679. The van der Waals surface area contributed by atoms with E-state index in [-0.39, 0.29) is 0 Å². The molecule has 0 bridgehead atoms.